The van der Waals surface area contributed by atoms with Gasteiger partial charge in [-0.2, -0.15) is 0 Å². The van der Waals surface area contributed by atoms with Gasteiger partial charge in [0.15, 0.2) is 12.6 Å². The van der Waals surface area contributed by atoms with Crippen molar-refractivity contribution in [2.75, 3.05) is 33.0 Å². The molecule has 0 bridgehead atoms. The molecule has 14 nitrogen and oxygen atoms in total. The number of hydrogen-bond donors (Lipinski definition) is 7. The molecule has 0 aromatic carbocycles. The summed E-state index contributed by atoms with van der Waals surface area (Å²) in [6, 6.07) is 0. The average Bonchev–Trinajstić information content (AvgIpc) is 3.37. The van der Waals surface area contributed by atoms with Crippen LogP contribution >= 0.6 is 0 Å². The topological polar surface area (TPSA) is 214 Å². The van der Waals surface area contributed by atoms with Crippen molar-refractivity contribution in [1.82, 2.24) is 0 Å². The molecule has 2 rings (SSSR count). The van der Waals surface area contributed by atoms with Gasteiger partial charge in [-0.1, -0.05) is 156 Å². The molecule has 0 spiro atoms. The number of hydrogen-bond acceptors (Lipinski definition) is 14. The minimum Gasteiger partial charge on any atom is -0.457 e. The molecule has 11 unspecified atom stereocenters. The van der Waals surface area contributed by atoms with E-state index in [-0.39, 0.29) is 19.6 Å². The maximum absolute atomic E-state index is 13.0. The molecule has 14 heteroatoms. The fourth-order valence-corrected chi connectivity index (χ4v) is 7.74. The smallest absolute Gasteiger partial charge is 0.306 e. The molecule has 406 valence electrons. The van der Waals surface area contributed by atoms with Crippen LogP contribution in [-0.2, 0) is 33.2 Å². The first-order valence-corrected chi connectivity index (χ1v) is 26.8. The Morgan fingerprint density at radius 2 is 0.915 bits per heavy atom. The summed E-state index contributed by atoms with van der Waals surface area (Å²) in [5.41, 5.74) is 0. The molecule has 2 aliphatic heterocycles. The molecule has 0 aromatic heterocycles. The summed E-state index contributed by atoms with van der Waals surface area (Å²) in [5.74, 6) is -0.403. The second-order valence-corrected chi connectivity index (χ2v) is 18.3. The SMILES string of the molecule is CC/C=C\C/C=C\C/C=C\C/C=C\C/C=C\C/C=C\CCCCCCCOCC(COC1OC(COC2OC(CO)C(O)C(O)C2O)C(O)C(O)C1O)OC(=O)CCCCCCC/C=C\C/C=C\CCC. The molecule has 0 radical (unpaired) electrons. The number of rotatable bonds is 41. The van der Waals surface area contributed by atoms with E-state index < -0.39 is 86.7 Å². The summed E-state index contributed by atoms with van der Waals surface area (Å²) in [6.45, 7) is 3.41. The van der Waals surface area contributed by atoms with Crippen LogP contribution in [0.1, 0.15) is 155 Å². The number of aliphatic hydroxyl groups excluding tert-OH is 7. The molecule has 0 amide bonds. The number of carbonyl (C=O) groups is 1. The zero-order valence-corrected chi connectivity index (χ0v) is 43.2. The Bertz CT molecular complexity index is 1540. The molecule has 2 aliphatic rings. The zero-order chi connectivity index (χ0) is 51.6. The van der Waals surface area contributed by atoms with Gasteiger partial charge in [0.05, 0.1) is 26.4 Å². The molecule has 2 fully saturated rings. The third-order valence-corrected chi connectivity index (χ3v) is 12.1. The van der Waals surface area contributed by atoms with Crippen molar-refractivity contribution < 1.29 is 69.0 Å². The molecule has 2 heterocycles. The third-order valence-electron chi connectivity index (χ3n) is 12.1. The van der Waals surface area contributed by atoms with Crippen LogP contribution in [0.3, 0.4) is 0 Å². The van der Waals surface area contributed by atoms with E-state index in [4.69, 9.17) is 28.4 Å². The van der Waals surface area contributed by atoms with E-state index >= 15 is 0 Å². The third kappa shape index (κ3) is 30.6. The van der Waals surface area contributed by atoms with E-state index in [1.807, 2.05) is 0 Å². The summed E-state index contributed by atoms with van der Waals surface area (Å²) in [7, 11) is 0. The Labute approximate surface area is 426 Å². The minimum absolute atomic E-state index is 0.0357. The number of aliphatic hydroxyl groups is 7. The quantitative estimate of drug-likeness (QED) is 0.0174. The number of carbonyl (C=O) groups excluding carboxylic acids is 1. The highest BCUT2D eigenvalue weighted by Gasteiger charge is 2.47. The lowest BCUT2D eigenvalue weighted by molar-refractivity contribution is -0.332. The van der Waals surface area contributed by atoms with Crippen molar-refractivity contribution in [1.29, 1.82) is 0 Å². The van der Waals surface area contributed by atoms with Crippen LogP contribution in [0.25, 0.3) is 0 Å². The first-order chi connectivity index (χ1) is 34.6. The van der Waals surface area contributed by atoms with Crippen LogP contribution in [0.4, 0.5) is 0 Å². The lowest BCUT2D eigenvalue weighted by Gasteiger charge is -2.42. The monoisotopic (exact) mass is 1000 g/mol. The van der Waals surface area contributed by atoms with Crippen molar-refractivity contribution in [3.63, 3.8) is 0 Å². The van der Waals surface area contributed by atoms with E-state index in [1.54, 1.807) is 0 Å². The summed E-state index contributed by atoms with van der Waals surface area (Å²) < 4.78 is 34.2. The Balaban J connectivity index is 1.75. The first kappa shape index (κ1) is 64.0. The molecule has 2 saturated heterocycles. The van der Waals surface area contributed by atoms with Crippen LogP contribution in [0.2, 0.25) is 0 Å². The van der Waals surface area contributed by atoms with Gasteiger partial charge in [-0.25, -0.2) is 0 Å². The highest BCUT2D eigenvalue weighted by atomic mass is 16.7. The fraction of sp³-hybridized carbons (Fsp3) is 0.702. The van der Waals surface area contributed by atoms with Crippen molar-refractivity contribution in [3.8, 4) is 0 Å². The molecule has 7 N–H and O–H groups in total. The predicted octanol–water partition coefficient (Wildman–Crippen LogP) is 8.63. The van der Waals surface area contributed by atoms with Gasteiger partial charge in [-0.15, -0.1) is 0 Å². The predicted molar refractivity (Wildman–Crippen MR) is 279 cm³/mol. The van der Waals surface area contributed by atoms with Crippen molar-refractivity contribution >= 4 is 5.97 Å². The van der Waals surface area contributed by atoms with E-state index in [0.717, 1.165) is 128 Å². The Kier molecular flexibility index (Phi) is 39.1. The molecule has 0 saturated carbocycles. The van der Waals surface area contributed by atoms with E-state index in [2.05, 4.69) is 111 Å². The van der Waals surface area contributed by atoms with Crippen molar-refractivity contribution in [2.45, 2.75) is 223 Å². The van der Waals surface area contributed by atoms with Crippen LogP contribution in [0, 0.1) is 0 Å². The Morgan fingerprint density at radius 1 is 0.479 bits per heavy atom. The van der Waals surface area contributed by atoms with E-state index in [1.165, 1.54) is 0 Å². The molecular formula is C57H94O14. The lowest BCUT2D eigenvalue weighted by atomic mass is 9.98. The second-order valence-electron chi connectivity index (χ2n) is 18.3. The number of allylic oxidation sites excluding steroid dienone is 16. The highest BCUT2D eigenvalue weighted by molar-refractivity contribution is 5.69. The van der Waals surface area contributed by atoms with Crippen LogP contribution in [-0.4, -0.2) is 142 Å². The van der Waals surface area contributed by atoms with Gasteiger partial charge in [-0.05, 0) is 89.9 Å². The Hall–Kier alpha value is -3.09. The lowest BCUT2D eigenvalue weighted by Crippen LogP contribution is -2.61. The van der Waals surface area contributed by atoms with Gasteiger partial charge < -0.3 is 64.2 Å². The number of unbranched alkanes of at least 4 members (excludes halogenated alkanes) is 11. The largest absolute Gasteiger partial charge is 0.457 e. The van der Waals surface area contributed by atoms with Gasteiger partial charge in [-0.3, -0.25) is 4.79 Å². The molecule has 0 aliphatic carbocycles. The summed E-state index contributed by atoms with van der Waals surface area (Å²) in [4.78, 5) is 13.0. The van der Waals surface area contributed by atoms with E-state index in [0.29, 0.717) is 13.0 Å². The van der Waals surface area contributed by atoms with Crippen LogP contribution in [0.5, 0.6) is 0 Å². The van der Waals surface area contributed by atoms with Crippen molar-refractivity contribution in [3.05, 3.63) is 97.2 Å². The Morgan fingerprint density at radius 3 is 1.44 bits per heavy atom. The van der Waals surface area contributed by atoms with Gasteiger partial charge >= 0.3 is 5.97 Å². The van der Waals surface area contributed by atoms with Gasteiger partial charge in [0, 0.05) is 13.0 Å². The number of esters is 1. The second kappa shape index (κ2) is 43.3. The number of ether oxygens (including phenoxy) is 6. The van der Waals surface area contributed by atoms with Gasteiger partial charge in [0.2, 0.25) is 0 Å². The molecule has 11 atom stereocenters. The van der Waals surface area contributed by atoms with Crippen molar-refractivity contribution in [2.24, 2.45) is 0 Å². The van der Waals surface area contributed by atoms with Crippen LogP contribution in [0.15, 0.2) is 97.2 Å². The van der Waals surface area contributed by atoms with E-state index in [9.17, 15) is 40.5 Å². The fourth-order valence-electron chi connectivity index (χ4n) is 7.74. The summed E-state index contributed by atoms with van der Waals surface area (Å²) >= 11 is 0. The maximum Gasteiger partial charge on any atom is 0.306 e. The average molecular weight is 1000 g/mol. The highest BCUT2D eigenvalue weighted by Crippen LogP contribution is 2.26. The standard InChI is InChI=1S/C57H94O14/c1-3-5-7-9-11-13-15-17-18-19-20-21-22-23-24-25-26-27-29-31-33-35-37-39-41-66-43-46(69-49(59)40-38-36-34-32-30-28-16-14-12-10-8-6-4-2)44-67-56-55(65)53(63)51(61)48(71-56)45-68-57-54(64)52(62)50(60)47(42-58)70-57/h5,7-8,10-11,13-14,16-18,20-21,23-24,26-27,46-48,50-58,60-65H,3-4,6,9,12,15,19,22,25,28-45H2,1-2H3/b7-5-,10-8-,13-11-,16-14-,18-17-,21-20-,24-23-,27-26-. The molecular weight excluding hydrogens is 909 g/mol. The summed E-state index contributed by atoms with van der Waals surface area (Å²) in [5, 5.41) is 72.2. The minimum atomic E-state index is -1.72. The van der Waals surface area contributed by atoms with Crippen LogP contribution < -0.4 is 0 Å². The normalized spacial score (nSPS) is 26.1. The zero-order valence-electron chi connectivity index (χ0n) is 43.2. The van der Waals surface area contributed by atoms with Gasteiger partial charge in [0.25, 0.3) is 0 Å². The van der Waals surface area contributed by atoms with Gasteiger partial charge in [0.1, 0.15) is 54.9 Å². The molecule has 0 aromatic rings. The maximum atomic E-state index is 13.0. The first-order valence-electron chi connectivity index (χ1n) is 26.8. The molecule has 71 heavy (non-hydrogen) atoms. The summed E-state index contributed by atoms with van der Waals surface area (Å²) in [6.07, 6.45) is 40.4.